The first-order valence-corrected chi connectivity index (χ1v) is 4.55. The molecule has 0 amide bonds. The molecule has 0 aromatic heterocycles. The molecule has 1 unspecified atom stereocenters. The second-order valence-corrected chi connectivity index (χ2v) is 3.20. The molecule has 76 valence electrons. The Morgan fingerprint density at radius 2 is 2.31 bits per heavy atom. The van der Waals surface area contributed by atoms with Crippen molar-refractivity contribution in [1.82, 2.24) is 4.90 Å². The van der Waals surface area contributed by atoms with Crippen molar-refractivity contribution in [3.05, 3.63) is 0 Å². The Hall–Kier alpha value is -0.810. The summed E-state index contributed by atoms with van der Waals surface area (Å²) < 4.78 is 5.30. The maximum atomic E-state index is 8.51. The highest BCUT2D eigenvalue weighted by Crippen LogP contribution is 2.04. The van der Waals surface area contributed by atoms with Crippen LogP contribution in [-0.2, 0) is 4.74 Å². The van der Waals surface area contributed by atoms with Crippen LogP contribution in [0.3, 0.4) is 0 Å². The zero-order chi connectivity index (χ0) is 9.68. The van der Waals surface area contributed by atoms with Gasteiger partial charge in [-0.3, -0.25) is 4.90 Å². The molecule has 1 atom stereocenters. The summed E-state index contributed by atoms with van der Waals surface area (Å²) in [6.45, 7) is 5.25. The average Bonchev–Trinajstić information content (AvgIpc) is 2.43. The summed E-state index contributed by atoms with van der Waals surface area (Å²) in [7, 11) is 0. The second-order valence-electron chi connectivity index (χ2n) is 3.20. The van der Waals surface area contributed by atoms with Crippen molar-refractivity contribution in [2.24, 2.45) is 10.9 Å². The van der Waals surface area contributed by atoms with Gasteiger partial charge in [0.15, 0.2) is 5.84 Å². The lowest BCUT2D eigenvalue weighted by Crippen LogP contribution is -2.44. The first kappa shape index (κ1) is 10.3. The summed E-state index contributed by atoms with van der Waals surface area (Å²) in [4.78, 5) is 2.15. The fourth-order valence-electron chi connectivity index (χ4n) is 1.42. The van der Waals surface area contributed by atoms with Gasteiger partial charge in [-0.25, -0.2) is 0 Å². The summed E-state index contributed by atoms with van der Waals surface area (Å²) in [6.07, 6.45) is 1.00. The van der Waals surface area contributed by atoms with Crippen molar-refractivity contribution in [2.75, 3.05) is 26.3 Å². The summed E-state index contributed by atoms with van der Waals surface area (Å²) >= 11 is 0. The van der Waals surface area contributed by atoms with Crippen molar-refractivity contribution in [2.45, 2.75) is 19.4 Å². The molecular weight excluding hydrogens is 170 g/mol. The molecule has 1 aliphatic rings. The van der Waals surface area contributed by atoms with Gasteiger partial charge in [-0.1, -0.05) is 5.16 Å². The first-order chi connectivity index (χ1) is 6.25. The van der Waals surface area contributed by atoms with Gasteiger partial charge in [0.25, 0.3) is 0 Å². The molecule has 1 heterocycles. The summed E-state index contributed by atoms with van der Waals surface area (Å²) in [6, 6.07) is -0.00769. The van der Waals surface area contributed by atoms with Gasteiger partial charge in [-0.2, -0.15) is 0 Å². The van der Waals surface area contributed by atoms with Crippen LogP contribution in [0.2, 0.25) is 0 Å². The van der Waals surface area contributed by atoms with E-state index in [0.717, 1.165) is 32.7 Å². The van der Waals surface area contributed by atoms with Crippen molar-refractivity contribution in [1.29, 1.82) is 0 Å². The molecule has 1 saturated heterocycles. The Morgan fingerprint density at radius 3 is 3.00 bits per heavy atom. The molecule has 5 heteroatoms. The molecule has 3 N–H and O–H groups in total. The molecular formula is C8H17N3O2. The molecule has 0 aromatic carbocycles. The predicted molar refractivity (Wildman–Crippen MR) is 49.9 cm³/mol. The predicted octanol–water partition coefficient (Wildman–Crippen LogP) is -0.156. The molecule has 13 heavy (non-hydrogen) atoms. The normalized spacial score (nSPS) is 23.9. The van der Waals surface area contributed by atoms with Gasteiger partial charge in [-0.05, 0) is 13.3 Å². The third-order valence-corrected chi connectivity index (χ3v) is 2.35. The van der Waals surface area contributed by atoms with Gasteiger partial charge < -0.3 is 15.7 Å². The fourth-order valence-corrected chi connectivity index (χ4v) is 1.42. The largest absolute Gasteiger partial charge is 0.409 e. The SMILES string of the molecule is CC(/C(N)=N/O)N1CCCOCC1. The van der Waals surface area contributed by atoms with E-state index in [-0.39, 0.29) is 11.9 Å². The zero-order valence-electron chi connectivity index (χ0n) is 7.94. The van der Waals surface area contributed by atoms with E-state index >= 15 is 0 Å². The Bertz CT molecular complexity index is 176. The molecule has 0 aliphatic carbocycles. The van der Waals surface area contributed by atoms with E-state index in [1.807, 2.05) is 6.92 Å². The maximum absolute atomic E-state index is 8.51. The second kappa shape index (κ2) is 5.04. The van der Waals surface area contributed by atoms with Crippen LogP contribution in [0.25, 0.3) is 0 Å². The van der Waals surface area contributed by atoms with Gasteiger partial charge in [0, 0.05) is 19.7 Å². The van der Waals surface area contributed by atoms with Gasteiger partial charge in [0.2, 0.25) is 0 Å². The molecule has 0 spiro atoms. The van der Waals surface area contributed by atoms with Gasteiger partial charge >= 0.3 is 0 Å². The van der Waals surface area contributed by atoms with Crippen LogP contribution in [0.15, 0.2) is 5.16 Å². The van der Waals surface area contributed by atoms with Crippen LogP contribution in [0.5, 0.6) is 0 Å². The Morgan fingerprint density at radius 1 is 1.54 bits per heavy atom. The molecule has 0 saturated carbocycles. The monoisotopic (exact) mass is 187 g/mol. The third kappa shape index (κ3) is 2.86. The highest BCUT2D eigenvalue weighted by atomic mass is 16.5. The van der Waals surface area contributed by atoms with E-state index in [2.05, 4.69) is 10.1 Å². The molecule has 1 fully saturated rings. The Labute approximate surface area is 78.1 Å². The zero-order valence-corrected chi connectivity index (χ0v) is 7.94. The van der Waals surface area contributed by atoms with Crippen LogP contribution in [0, 0.1) is 0 Å². The van der Waals surface area contributed by atoms with Crippen LogP contribution in [-0.4, -0.2) is 48.3 Å². The van der Waals surface area contributed by atoms with E-state index < -0.39 is 0 Å². The van der Waals surface area contributed by atoms with Gasteiger partial charge in [0.05, 0.1) is 12.6 Å². The van der Waals surface area contributed by atoms with Crippen LogP contribution >= 0.6 is 0 Å². The topological polar surface area (TPSA) is 71.1 Å². The van der Waals surface area contributed by atoms with Crippen molar-refractivity contribution in [3.63, 3.8) is 0 Å². The lowest BCUT2D eigenvalue weighted by atomic mass is 10.2. The summed E-state index contributed by atoms with van der Waals surface area (Å²) in [5.74, 6) is 0.266. The van der Waals surface area contributed by atoms with Crippen molar-refractivity contribution in [3.8, 4) is 0 Å². The third-order valence-electron chi connectivity index (χ3n) is 2.35. The quantitative estimate of drug-likeness (QED) is 0.273. The van der Waals surface area contributed by atoms with Gasteiger partial charge in [-0.15, -0.1) is 0 Å². The Kier molecular flexibility index (Phi) is 3.98. The summed E-state index contributed by atoms with van der Waals surface area (Å²) in [5.41, 5.74) is 5.52. The lowest BCUT2D eigenvalue weighted by molar-refractivity contribution is 0.139. The molecule has 0 bridgehead atoms. The number of oxime groups is 1. The van der Waals surface area contributed by atoms with E-state index in [0.29, 0.717) is 0 Å². The molecule has 5 nitrogen and oxygen atoms in total. The highest BCUT2D eigenvalue weighted by molar-refractivity contribution is 5.84. The number of nitrogens with two attached hydrogens (primary N) is 1. The van der Waals surface area contributed by atoms with E-state index in [1.54, 1.807) is 0 Å². The van der Waals surface area contributed by atoms with Crippen LogP contribution < -0.4 is 5.73 Å². The number of nitrogens with zero attached hydrogens (tertiary/aromatic N) is 2. The number of ether oxygens (including phenoxy) is 1. The number of hydrogen-bond donors (Lipinski definition) is 2. The average molecular weight is 187 g/mol. The summed E-state index contributed by atoms with van der Waals surface area (Å²) in [5, 5.41) is 11.5. The first-order valence-electron chi connectivity index (χ1n) is 4.55. The number of amidine groups is 1. The van der Waals surface area contributed by atoms with E-state index in [9.17, 15) is 0 Å². The minimum atomic E-state index is -0.00769. The van der Waals surface area contributed by atoms with Crippen molar-refractivity contribution < 1.29 is 9.94 Å². The van der Waals surface area contributed by atoms with Crippen LogP contribution in [0.1, 0.15) is 13.3 Å². The standard InChI is InChI=1S/C8H17N3O2/c1-7(8(9)10-12)11-3-2-5-13-6-4-11/h7,12H,2-6H2,1H3,(H2,9,10). The molecule has 1 rings (SSSR count). The minimum absolute atomic E-state index is 0.00769. The Balaban J connectivity index is 2.48. The van der Waals surface area contributed by atoms with Gasteiger partial charge in [0.1, 0.15) is 0 Å². The smallest absolute Gasteiger partial charge is 0.156 e. The van der Waals surface area contributed by atoms with E-state index in [1.165, 1.54) is 0 Å². The highest BCUT2D eigenvalue weighted by Gasteiger charge is 2.18. The lowest BCUT2D eigenvalue weighted by Gasteiger charge is -2.25. The molecule has 1 aliphatic heterocycles. The molecule has 0 radical (unpaired) electrons. The van der Waals surface area contributed by atoms with Crippen molar-refractivity contribution >= 4 is 5.84 Å². The fraction of sp³-hybridized carbons (Fsp3) is 0.875. The molecule has 0 aromatic rings. The number of hydrogen-bond acceptors (Lipinski definition) is 4. The van der Waals surface area contributed by atoms with E-state index in [4.69, 9.17) is 15.7 Å². The maximum Gasteiger partial charge on any atom is 0.156 e. The number of rotatable bonds is 2. The van der Waals surface area contributed by atoms with Crippen LogP contribution in [0.4, 0.5) is 0 Å². The minimum Gasteiger partial charge on any atom is -0.409 e.